The number of morpholine rings is 1. The highest BCUT2D eigenvalue weighted by Gasteiger charge is 2.31. The van der Waals surface area contributed by atoms with Crippen LogP contribution < -0.4 is 5.32 Å². The lowest BCUT2D eigenvalue weighted by atomic mass is 9.98. The molecule has 4 rings (SSSR count). The number of ether oxygens (including phenoxy) is 1. The van der Waals surface area contributed by atoms with Gasteiger partial charge < -0.3 is 10.1 Å². The first-order valence-corrected chi connectivity index (χ1v) is 8.50. The van der Waals surface area contributed by atoms with E-state index in [0.717, 1.165) is 24.7 Å². The molecule has 0 unspecified atom stereocenters. The Hall–Kier alpha value is -2.51. The standard InChI is InChI=1S/C18H22N6O/c1-13-10-16(24-18(22-13)20-12-21-24)19-11-15-17(23(2)8-9-25-15)14-6-4-3-5-7-14/h3-7,10,12,15,17,19H,8-9,11H2,1-2H3/t15-,17-/m0/s1. The van der Waals surface area contributed by atoms with Gasteiger partial charge in [0.05, 0.1) is 18.8 Å². The van der Waals surface area contributed by atoms with Crippen molar-refractivity contribution < 1.29 is 4.74 Å². The molecular formula is C18H22N6O. The van der Waals surface area contributed by atoms with E-state index in [1.807, 2.05) is 19.1 Å². The smallest absolute Gasteiger partial charge is 0.254 e. The summed E-state index contributed by atoms with van der Waals surface area (Å²) >= 11 is 0. The van der Waals surface area contributed by atoms with Crippen LogP contribution in [0.15, 0.2) is 42.7 Å². The van der Waals surface area contributed by atoms with Crippen LogP contribution >= 0.6 is 0 Å². The molecule has 0 amide bonds. The van der Waals surface area contributed by atoms with Crippen LogP contribution in [0.2, 0.25) is 0 Å². The highest BCUT2D eigenvalue weighted by Crippen LogP contribution is 2.28. The number of likely N-dealkylation sites (N-methyl/N-ethyl adjacent to an activating group) is 1. The van der Waals surface area contributed by atoms with Gasteiger partial charge in [-0.25, -0.2) is 4.98 Å². The number of nitrogens with zero attached hydrogens (tertiary/aromatic N) is 5. The van der Waals surface area contributed by atoms with Crippen LogP contribution in [-0.2, 0) is 4.74 Å². The van der Waals surface area contributed by atoms with Crippen LogP contribution in [0.1, 0.15) is 17.3 Å². The van der Waals surface area contributed by atoms with Gasteiger partial charge >= 0.3 is 0 Å². The maximum Gasteiger partial charge on any atom is 0.254 e. The summed E-state index contributed by atoms with van der Waals surface area (Å²) in [5.74, 6) is 1.48. The SMILES string of the molecule is Cc1cc(NC[C@@H]2OCCN(C)[C@H]2c2ccccc2)n2ncnc2n1. The van der Waals surface area contributed by atoms with E-state index in [4.69, 9.17) is 4.74 Å². The third kappa shape index (κ3) is 3.20. The van der Waals surface area contributed by atoms with Gasteiger partial charge in [-0.1, -0.05) is 30.3 Å². The summed E-state index contributed by atoms with van der Waals surface area (Å²) in [5.41, 5.74) is 2.18. The van der Waals surface area contributed by atoms with Gasteiger partial charge in [-0.05, 0) is 19.5 Å². The fraction of sp³-hybridized carbons (Fsp3) is 0.389. The van der Waals surface area contributed by atoms with Gasteiger partial charge in [0.15, 0.2) is 0 Å². The van der Waals surface area contributed by atoms with Crippen molar-refractivity contribution in [3.05, 3.63) is 54.0 Å². The molecule has 2 atom stereocenters. The molecule has 1 aromatic carbocycles. The Kier molecular flexibility index (Phi) is 4.33. The molecule has 1 N–H and O–H groups in total. The monoisotopic (exact) mass is 338 g/mol. The van der Waals surface area contributed by atoms with Crippen LogP contribution in [0.25, 0.3) is 5.78 Å². The Bertz CT molecular complexity index is 849. The lowest BCUT2D eigenvalue weighted by Crippen LogP contribution is -2.46. The fourth-order valence-electron chi connectivity index (χ4n) is 3.41. The lowest BCUT2D eigenvalue weighted by Gasteiger charge is -2.39. The average molecular weight is 338 g/mol. The molecule has 0 saturated carbocycles. The Balaban J connectivity index is 1.57. The van der Waals surface area contributed by atoms with Gasteiger partial charge in [-0.2, -0.15) is 14.6 Å². The summed E-state index contributed by atoms with van der Waals surface area (Å²) < 4.78 is 7.82. The summed E-state index contributed by atoms with van der Waals surface area (Å²) in [6.45, 7) is 4.30. The second-order valence-electron chi connectivity index (χ2n) is 6.38. The third-order valence-electron chi connectivity index (χ3n) is 4.61. The van der Waals surface area contributed by atoms with Crippen LogP contribution in [0.5, 0.6) is 0 Å². The van der Waals surface area contributed by atoms with Gasteiger partial charge in [0, 0.05) is 24.8 Å². The number of aryl methyl sites for hydroxylation is 1. The molecule has 1 aliphatic heterocycles. The average Bonchev–Trinajstić information content (AvgIpc) is 3.09. The van der Waals surface area contributed by atoms with Gasteiger partial charge in [0.25, 0.3) is 5.78 Å². The number of rotatable bonds is 4. The van der Waals surface area contributed by atoms with Crippen LogP contribution in [0.3, 0.4) is 0 Å². The number of anilines is 1. The van der Waals surface area contributed by atoms with Crippen molar-refractivity contribution >= 4 is 11.6 Å². The van der Waals surface area contributed by atoms with E-state index in [-0.39, 0.29) is 12.1 Å². The van der Waals surface area contributed by atoms with Crippen molar-refractivity contribution in [1.29, 1.82) is 0 Å². The van der Waals surface area contributed by atoms with E-state index in [9.17, 15) is 0 Å². The molecule has 130 valence electrons. The normalized spacial score (nSPS) is 21.5. The second kappa shape index (κ2) is 6.78. The predicted molar refractivity (Wildman–Crippen MR) is 95.6 cm³/mol. The van der Waals surface area contributed by atoms with Crippen LogP contribution in [0, 0.1) is 6.92 Å². The summed E-state index contributed by atoms with van der Waals surface area (Å²) in [7, 11) is 2.15. The number of aromatic nitrogens is 4. The summed E-state index contributed by atoms with van der Waals surface area (Å²) in [4.78, 5) is 10.9. The molecule has 2 aromatic heterocycles. The molecule has 7 nitrogen and oxygen atoms in total. The molecule has 0 aliphatic carbocycles. The zero-order valence-corrected chi connectivity index (χ0v) is 14.5. The molecule has 7 heteroatoms. The highest BCUT2D eigenvalue weighted by atomic mass is 16.5. The van der Waals surface area contributed by atoms with Crippen molar-refractivity contribution in [1.82, 2.24) is 24.5 Å². The first-order valence-electron chi connectivity index (χ1n) is 8.50. The topological polar surface area (TPSA) is 67.6 Å². The van der Waals surface area contributed by atoms with Crippen molar-refractivity contribution in [3.8, 4) is 0 Å². The summed E-state index contributed by atoms with van der Waals surface area (Å²) in [5, 5.41) is 7.72. The maximum absolute atomic E-state index is 6.10. The van der Waals surface area contributed by atoms with Crippen molar-refractivity contribution in [2.45, 2.75) is 19.1 Å². The molecule has 3 heterocycles. The minimum atomic E-state index is 0.0493. The van der Waals surface area contributed by atoms with Crippen molar-refractivity contribution in [3.63, 3.8) is 0 Å². The van der Waals surface area contributed by atoms with E-state index in [1.165, 1.54) is 11.9 Å². The van der Waals surface area contributed by atoms with E-state index >= 15 is 0 Å². The zero-order valence-electron chi connectivity index (χ0n) is 14.5. The molecular weight excluding hydrogens is 316 g/mol. The molecule has 1 fully saturated rings. The number of fused-ring (bicyclic) bond motifs is 1. The highest BCUT2D eigenvalue weighted by molar-refractivity contribution is 5.44. The minimum Gasteiger partial charge on any atom is -0.373 e. The molecule has 0 radical (unpaired) electrons. The Morgan fingerprint density at radius 1 is 1.28 bits per heavy atom. The minimum absolute atomic E-state index is 0.0493. The molecule has 1 saturated heterocycles. The quantitative estimate of drug-likeness (QED) is 0.784. The number of nitrogens with one attached hydrogen (secondary N) is 1. The van der Waals surface area contributed by atoms with E-state index < -0.39 is 0 Å². The third-order valence-corrected chi connectivity index (χ3v) is 4.61. The summed E-state index contributed by atoms with van der Waals surface area (Å²) in [6.07, 6.45) is 1.57. The number of benzene rings is 1. The van der Waals surface area contributed by atoms with E-state index in [0.29, 0.717) is 12.3 Å². The lowest BCUT2D eigenvalue weighted by molar-refractivity contribution is -0.0557. The number of hydrogen-bond acceptors (Lipinski definition) is 6. The van der Waals surface area contributed by atoms with Gasteiger partial charge in [0.1, 0.15) is 12.1 Å². The van der Waals surface area contributed by atoms with Gasteiger partial charge in [-0.3, -0.25) is 4.90 Å². The first kappa shape index (κ1) is 16.0. The number of hydrogen-bond donors (Lipinski definition) is 1. The van der Waals surface area contributed by atoms with E-state index in [1.54, 1.807) is 4.52 Å². The summed E-state index contributed by atoms with van der Waals surface area (Å²) in [6, 6.07) is 12.7. The van der Waals surface area contributed by atoms with Gasteiger partial charge in [0.2, 0.25) is 0 Å². The molecule has 0 bridgehead atoms. The van der Waals surface area contributed by atoms with Crippen molar-refractivity contribution in [2.24, 2.45) is 0 Å². The predicted octanol–water partition coefficient (Wildman–Crippen LogP) is 1.92. The van der Waals surface area contributed by atoms with Gasteiger partial charge in [-0.15, -0.1) is 0 Å². The second-order valence-corrected chi connectivity index (χ2v) is 6.38. The zero-order chi connectivity index (χ0) is 17.2. The maximum atomic E-state index is 6.10. The molecule has 1 aliphatic rings. The first-order chi connectivity index (χ1) is 12.2. The van der Waals surface area contributed by atoms with Crippen LogP contribution in [0.4, 0.5) is 5.82 Å². The Morgan fingerprint density at radius 2 is 2.12 bits per heavy atom. The molecule has 25 heavy (non-hydrogen) atoms. The fourth-order valence-corrected chi connectivity index (χ4v) is 3.41. The Labute approximate surface area is 146 Å². The molecule has 0 spiro atoms. The van der Waals surface area contributed by atoms with Crippen LogP contribution in [-0.4, -0.2) is 57.3 Å². The largest absolute Gasteiger partial charge is 0.373 e. The Morgan fingerprint density at radius 3 is 2.96 bits per heavy atom. The van der Waals surface area contributed by atoms with E-state index in [2.05, 4.69) is 56.6 Å². The van der Waals surface area contributed by atoms with Crippen molar-refractivity contribution in [2.75, 3.05) is 32.1 Å². The molecule has 3 aromatic rings.